The SMILES string of the molecule is COc1cc(N2CCCC2)c(OC)cc1/C=N\NC(=O)c1cccc(I)c1. The normalized spacial score (nSPS) is 13.8. The number of benzene rings is 2. The third-order valence-corrected chi connectivity index (χ3v) is 5.11. The number of carbonyl (C=O) groups excluding carboxylic acids is 1. The Labute approximate surface area is 172 Å². The summed E-state index contributed by atoms with van der Waals surface area (Å²) in [6.07, 6.45) is 3.93. The van der Waals surface area contributed by atoms with E-state index >= 15 is 0 Å². The Hall–Kier alpha value is -2.29. The Bertz CT molecular complexity index is 848. The zero-order valence-electron chi connectivity index (χ0n) is 15.4. The molecule has 142 valence electrons. The monoisotopic (exact) mass is 479 g/mol. The van der Waals surface area contributed by atoms with Crippen LogP contribution in [0.2, 0.25) is 0 Å². The van der Waals surface area contributed by atoms with Crippen LogP contribution in [0.1, 0.15) is 28.8 Å². The van der Waals surface area contributed by atoms with Crippen molar-refractivity contribution in [2.45, 2.75) is 12.8 Å². The Morgan fingerprint density at radius 2 is 1.89 bits per heavy atom. The molecule has 1 aliphatic heterocycles. The first-order valence-electron chi connectivity index (χ1n) is 8.72. The average molecular weight is 479 g/mol. The number of methoxy groups -OCH3 is 2. The molecule has 2 aromatic rings. The molecule has 1 N–H and O–H groups in total. The Kier molecular flexibility index (Phi) is 6.54. The number of nitrogens with zero attached hydrogens (tertiary/aromatic N) is 2. The van der Waals surface area contributed by atoms with Crippen LogP contribution < -0.4 is 19.8 Å². The van der Waals surface area contributed by atoms with E-state index in [4.69, 9.17) is 9.47 Å². The van der Waals surface area contributed by atoms with E-state index < -0.39 is 0 Å². The molecule has 0 radical (unpaired) electrons. The van der Waals surface area contributed by atoms with Crippen molar-refractivity contribution in [1.82, 2.24) is 5.43 Å². The summed E-state index contributed by atoms with van der Waals surface area (Å²) in [4.78, 5) is 14.5. The second-order valence-corrected chi connectivity index (χ2v) is 7.42. The number of nitrogens with one attached hydrogen (secondary N) is 1. The number of hydrazone groups is 1. The van der Waals surface area contributed by atoms with Crippen LogP contribution in [-0.4, -0.2) is 39.4 Å². The lowest BCUT2D eigenvalue weighted by atomic mass is 10.1. The van der Waals surface area contributed by atoms with Crippen LogP contribution in [0.5, 0.6) is 11.5 Å². The minimum atomic E-state index is -0.260. The van der Waals surface area contributed by atoms with Gasteiger partial charge in [-0.15, -0.1) is 0 Å². The van der Waals surface area contributed by atoms with E-state index in [-0.39, 0.29) is 5.91 Å². The van der Waals surface area contributed by atoms with Gasteiger partial charge >= 0.3 is 0 Å². The molecule has 0 aliphatic carbocycles. The minimum Gasteiger partial charge on any atom is -0.496 e. The fraction of sp³-hybridized carbons (Fsp3) is 0.300. The fourth-order valence-corrected chi connectivity index (χ4v) is 3.61. The van der Waals surface area contributed by atoms with Gasteiger partial charge in [0.15, 0.2) is 0 Å². The highest BCUT2D eigenvalue weighted by atomic mass is 127. The van der Waals surface area contributed by atoms with Gasteiger partial charge in [-0.3, -0.25) is 4.79 Å². The van der Waals surface area contributed by atoms with Crippen molar-refractivity contribution in [2.24, 2.45) is 5.10 Å². The first-order valence-corrected chi connectivity index (χ1v) is 9.80. The summed E-state index contributed by atoms with van der Waals surface area (Å²) in [5.41, 5.74) is 4.87. The quantitative estimate of drug-likeness (QED) is 0.390. The standard InChI is InChI=1S/C20H22IN3O3/c1-26-18-12-17(24-8-3-4-9-24)19(27-2)11-15(18)13-22-23-20(25)14-6-5-7-16(21)10-14/h5-7,10-13H,3-4,8-9H2,1-2H3,(H,23,25)/b22-13-. The van der Waals surface area contributed by atoms with Crippen molar-refractivity contribution in [3.63, 3.8) is 0 Å². The van der Waals surface area contributed by atoms with Gasteiger partial charge in [-0.05, 0) is 59.7 Å². The highest BCUT2D eigenvalue weighted by Crippen LogP contribution is 2.36. The molecule has 1 heterocycles. The first kappa shape index (κ1) is 19.5. The largest absolute Gasteiger partial charge is 0.496 e. The van der Waals surface area contributed by atoms with Gasteiger partial charge in [-0.1, -0.05) is 6.07 Å². The molecule has 6 nitrogen and oxygen atoms in total. The lowest BCUT2D eigenvalue weighted by Gasteiger charge is -2.22. The summed E-state index contributed by atoms with van der Waals surface area (Å²) in [7, 11) is 3.28. The van der Waals surface area contributed by atoms with Crippen LogP contribution in [-0.2, 0) is 0 Å². The molecule has 1 fully saturated rings. The van der Waals surface area contributed by atoms with E-state index in [1.165, 1.54) is 12.8 Å². The predicted octanol–water partition coefficient (Wildman–Crippen LogP) is 3.67. The van der Waals surface area contributed by atoms with Gasteiger partial charge in [0, 0.05) is 33.9 Å². The summed E-state index contributed by atoms with van der Waals surface area (Å²) >= 11 is 2.17. The molecular weight excluding hydrogens is 457 g/mol. The van der Waals surface area contributed by atoms with Gasteiger partial charge in [-0.2, -0.15) is 5.10 Å². The van der Waals surface area contributed by atoms with E-state index in [9.17, 15) is 4.79 Å². The molecule has 3 rings (SSSR count). The number of carbonyl (C=O) groups is 1. The molecule has 0 saturated carbocycles. The molecule has 0 atom stereocenters. The van der Waals surface area contributed by atoms with E-state index in [1.807, 2.05) is 24.3 Å². The summed E-state index contributed by atoms with van der Waals surface area (Å²) < 4.78 is 12.1. The van der Waals surface area contributed by atoms with Crippen LogP contribution in [0.4, 0.5) is 5.69 Å². The maximum atomic E-state index is 12.2. The van der Waals surface area contributed by atoms with Gasteiger partial charge < -0.3 is 14.4 Å². The molecule has 0 spiro atoms. The highest BCUT2D eigenvalue weighted by molar-refractivity contribution is 14.1. The Morgan fingerprint density at radius 1 is 1.15 bits per heavy atom. The van der Waals surface area contributed by atoms with Crippen molar-refractivity contribution in [1.29, 1.82) is 0 Å². The van der Waals surface area contributed by atoms with Crippen molar-refractivity contribution in [3.8, 4) is 11.5 Å². The van der Waals surface area contributed by atoms with Gasteiger partial charge in [0.1, 0.15) is 11.5 Å². The van der Waals surface area contributed by atoms with Crippen molar-refractivity contribution >= 4 is 40.4 Å². The van der Waals surface area contributed by atoms with Gasteiger partial charge in [0.05, 0.1) is 26.1 Å². The second-order valence-electron chi connectivity index (χ2n) is 6.17. The zero-order valence-corrected chi connectivity index (χ0v) is 17.5. The summed E-state index contributed by atoms with van der Waals surface area (Å²) in [5, 5.41) is 4.08. The second kappa shape index (κ2) is 9.07. The number of anilines is 1. The number of hydrogen-bond donors (Lipinski definition) is 1. The molecule has 7 heteroatoms. The smallest absolute Gasteiger partial charge is 0.271 e. The zero-order chi connectivity index (χ0) is 19.2. The van der Waals surface area contributed by atoms with Crippen molar-refractivity contribution < 1.29 is 14.3 Å². The van der Waals surface area contributed by atoms with Crippen LogP contribution >= 0.6 is 22.6 Å². The van der Waals surface area contributed by atoms with E-state index in [0.717, 1.165) is 33.7 Å². The summed E-state index contributed by atoms with van der Waals surface area (Å²) in [5.74, 6) is 1.19. The number of ether oxygens (including phenoxy) is 2. The molecule has 0 unspecified atom stereocenters. The van der Waals surface area contributed by atoms with E-state index in [0.29, 0.717) is 11.3 Å². The third-order valence-electron chi connectivity index (χ3n) is 4.43. The molecule has 2 aromatic carbocycles. The van der Waals surface area contributed by atoms with Crippen LogP contribution in [0.3, 0.4) is 0 Å². The molecule has 0 aromatic heterocycles. The van der Waals surface area contributed by atoms with Crippen LogP contribution in [0.25, 0.3) is 0 Å². The van der Waals surface area contributed by atoms with E-state index in [2.05, 4.69) is 38.0 Å². The van der Waals surface area contributed by atoms with E-state index in [1.54, 1.807) is 32.6 Å². The molecule has 27 heavy (non-hydrogen) atoms. The van der Waals surface area contributed by atoms with Crippen LogP contribution in [0.15, 0.2) is 41.5 Å². The topological polar surface area (TPSA) is 63.2 Å². The predicted molar refractivity (Wildman–Crippen MR) is 115 cm³/mol. The number of halogens is 1. The highest BCUT2D eigenvalue weighted by Gasteiger charge is 2.19. The molecular formula is C20H22IN3O3. The molecule has 1 amide bonds. The maximum absolute atomic E-state index is 12.2. The maximum Gasteiger partial charge on any atom is 0.271 e. The van der Waals surface area contributed by atoms with Gasteiger partial charge in [0.2, 0.25) is 0 Å². The molecule has 1 aliphatic rings. The Morgan fingerprint density at radius 3 is 2.56 bits per heavy atom. The fourth-order valence-electron chi connectivity index (χ4n) is 3.07. The lowest BCUT2D eigenvalue weighted by molar-refractivity contribution is 0.0955. The van der Waals surface area contributed by atoms with Crippen LogP contribution in [0, 0.1) is 3.57 Å². The van der Waals surface area contributed by atoms with Crippen molar-refractivity contribution in [2.75, 3.05) is 32.2 Å². The summed E-state index contributed by atoms with van der Waals surface area (Å²) in [6.45, 7) is 2.03. The third kappa shape index (κ3) is 4.71. The lowest BCUT2D eigenvalue weighted by Crippen LogP contribution is -2.19. The number of amides is 1. The van der Waals surface area contributed by atoms with Crippen molar-refractivity contribution in [3.05, 3.63) is 51.1 Å². The van der Waals surface area contributed by atoms with Gasteiger partial charge in [0.25, 0.3) is 5.91 Å². The average Bonchev–Trinajstić information content (AvgIpc) is 3.22. The number of rotatable bonds is 6. The first-order chi connectivity index (χ1) is 13.1. The minimum absolute atomic E-state index is 0.260. The molecule has 0 bridgehead atoms. The summed E-state index contributed by atoms with van der Waals surface area (Å²) in [6, 6.07) is 11.2. The van der Waals surface area contributed by atoms with Gasteiger partial charge in [-0.25, -0.2) is 5.43 Å². The Balaban J connectivity index is 1.79. The number of hydrogen-bond acceptors (Lipinski definition) is 5. The molecule has 1 saturated heterocycles.